The molecule has 0 bridgehead atoms. The topological polar surface area (TPSA) is 75.9 Å². The van der Waals surface area contributed by atoms with Gasteiger partial charge in [0.1, 0.15) is 5.75 Å². The van der Waals surface area contributed by atoms with Gasteiger partial charge in [-0.1, -0.05) is 26.0 Å². The molecule has 1 aliphatic rings. The minimum Gasteiger partial charge on any atom is -0.482 e. The first-order chi connectivity index (χ1) is 10.8. The molecule has 0 saturated heterocycles. The van der Waals surface area contributed by atoms with E-state index in [4.69, 9.17) is 10.5 Å². The van der Waals surface area contributed by atoms with Crippen molar-refractivity contribution in [3.8, 4) is 5.75 Å². The minimum absolute atomic E-state index is 0.00305. The Kier molecular flexibility index (Phi) is 5.26. The quantitative estimate of drug-likeness (QED) is 0.856. The Balaban J connectivity index is 1.98. The van der Waals surface area contributed by atoms with E-state index in [1.54, 1.807) is 16.8 Å². The molecule has 1 heterocycles. The molecule has 6 nitrogen and oxygen atoms in total. The number of anilines is 1. The summed E-state index contributed by atoms with van der Waals surface area (Å²) in [5, 5.41) is 0. The Labute approximate surface area is 137 Å². The Bertz CT molecular complexity index is 586. The lowest BCUT2D eigenvalue weighted by Gasteiger charge is -2.31. The lowest BCUT2D eigenvalue weighted by atomic mass is 9.93. The predicted octanol–water partition coefficient (Wildman–Crippen LogP) is 1.25. The molecular weight excluding hydrogens is 294 g/mol. The second-order valence-corrected chi connectivity index (χ2v) is 6.67. The number of carbonyl (C=O) groups excluding carboxylic acids is 2. The zero-order valence-corrected chi connectivity index (χ0v) is 14.0. The molecule has 0 saturated carbocycles. The van der Waals surface area contributed by atoms with Crippen LogP contribution in [0.1, 0.15) is 20.3 Å². The minimum atomic E-state index is -0.124. The fourth-order valence-electron chi connectivity index (χ4n) is 2.59. The van der Waals surface area contributed by atoms with Crippen molar-refractivity contribution in [1.29, 1.82) is 0 Å². The number of rotatable bonds is 6. The number of hydrogen-bond acceptors (Lipinski definition) is 4. The molecule has 2 rings (SSSR count). The van der Waals surface area contributed by atoms with Crippen molar-refractivity contribution in [2.24, 2.45) is 11.1 Å². The number of carbonyl (C=O) groups is 2. The molecule has 0 spiro atoms. The monoisotopic (exact) mass is 319 g/mol. The summed E-state index contributed by atoms with van der Waals surface area (Å²) in [7, 11) is 1.77. The van der Waals surface area contributed by atoms with Crippen LogP contribution in [0.4, 0.5) is 5.69 Å². The summed E-state index contributed by atoms with van der Waals surface area (Å²) in [6.45, 7) is 5.53. The van der Waals surface area contributed by atoms with E-state index in [1.807, 2.05) is 38.1 Å². The first-order valence-electron chi connectivity index (χ1n) is 7.80. The lowest BCUT2D eigenvalue weighted by molar-refractivity contribution is -0.131. The van der Waals surface area contributed by atoms with Crippen molar-refractivity contribution in [2.75, 3.05) is 38.2 Å². The van der Waals surface area contributed by atoms with Crippen molar-refractivity contribution in [2.45, 2.75) is 20.3 Å². The summed E-state index contributed by atoms with van der Waals surface area (Å²) >= 11 is 0. The van der Waals surface area contributed by atoms with Crippen LogP contribution in [-0.2, 0) is 9.59 Å². The highest BCUT2D eigenvalue weighted by molar-refractivity contribution is 5.98. The van der Waals surface area contributed by atoms with E-state index in [0.717, 1.165) is 5.69 Å². The van der Waals surface area contributed by atoms with Gasteiger partial charge in [-0.05, 0) is 24.1 Å². The average Bonchev–Trinajstić information content (AvgIpc) is 2.53. The molecule has 126 valence electrons. The van der Waals surface area contributed by atoms with Crippen LogP contribution in [-0.4, -0.2) is 50.0 Å². The fraction of sp³-hybridized carbons (Fsp3) is 0.529. The third kappa shape index (κ3) is 4.22. The zero-order valence-electron chi connectivity index (χ0n) is 14.0. The number of nitrogens with two attached hydrogens (primary N) is 1. The van der Waals surface area contributed by atoms with Gasteiger partial charge in [-0.15, -0.1) is 0 Å². The molecule has 0 aliphatic carbocycles. The first kappa shape index (κ1) is 17.3. The lowest BCUT2D eigenvalue weighted by Crippen LogP contribution is -2.43. The van der Waals surface area contributed by atoms with Crippen LogP contribution < -0.4 is 15.4 Å². The SMILES string of the molecule is CN(CC(C)(C)CN)C(=O)CCN1C(=O)COc2ccccc21. The Morgan fingerprint density at radius 2 is 2.09 bits per heavy atom. The normalized spacial score (nSPS) is 14.3. The molecule has 1 aromatic rings. The van der Waals surface area contributed by atoms with Crippen LogP contribution in [0.2, 0.25) is 0 Å². The molecule has 1 aliphatic heterocycles. The van der Waals surface area contributed by atoms with Crippen molar-refractivity contribution in [3.63, 3.8) is 0 Å². The number of nitrogens with zero attached hydrogens (tertiary/aromatic N) is 2. The molecule has 0 unspecified atom stereocenters. The van der Waals surface area contributed by atoms with E-state index in [0.29, 0.717) is 25.4 Å². The van der Waals surface area contributed by atoms with Crippen molar-refractivity contribution in [3.05, 3.63) is 24.3 Å². The molecular formula is C17H25N3O3. The number of ether oxygens (including phenoxy) is 1. The van der Waals surface area contributed by atoms with Crippen molar-refractivity contribution < 1.29 is 14.3 Å². The number of hydrogen-bond donors (Lipinski definition) is 1. The summed E-state index contributed by atoms with van der Waals surface area (Å²) in [5.41, 5.74) is 6.32. The molecule has 0 aromatic heterocycles. The fourth-order valence-corrected chi connectivity index (χ4v) is 2.59. The molecule has 2 N–H and O–H groups in total. The predicted molar refractivity (Wildman–Crippen MR) is 89.4 cm³/mol. The van der Waals surface area contributed by atoms with Crippen LogP contribution in [0.3, 0.4) is 0 Å². The number of benzene rings is 1. The van der Waals surface area contributed by atoms with E-state index in [-0.39, 0.29) is 30.3 Å². The molecule has 0 atom stereocenters. The largest absolute Gasteiger partial charge is 0.482 e. The summed E-state index contributed by atoms with van der Waals surface area (Å²) in [6.07, 6.45) is 0.275. The summed E-state index contributed by atoms with van der Waals surface area (Å²) < 4.78 is 5.40. The third-order valence-corrected chi connectivity index (χ3v) is 4.00. The molecule has 6 heteroatoms. The van der Waals surface area contributed by atoms with Gasteiger partial charge in [0.05, 0.1) is 5.69 Å². The Morgan fingerprint density at radius 3 is 2.78 bits per heavy atom. The third-order valence-electron chi connectivity index (χ3n) is 4.00. The van der Waals surface area contributed by atoms with Gasteiger partial charge in [0.15, 0.2) is 6.61 Å². The second kappa shape index (κ2) is 7.00. The van der Waals surface area contributed by atoms with Gasteiger partial charge in [-0.2, -0.15) is 0 Å². The Hall–Kier alpha value is -2.08. The van der Waals surface area contributed by atoms with Gasteiger partial charge >= 0.3 is 0 Å². The van der Waals surface area contributed by atoms with Crippen molar-refractivity contribution >= 4 is 17.5 Å². The van der Waals surface area contributed by atoms with E-state index >= 15 is 0 Å². The highest BCUT2D eigenvalue weighted by Gasteiger charge is 2.26. The van der Waals surface area contributed by atoms with E-state index < -0.39 is 0 Å². The summed E-state index contributed by atoms with van der Waals surface area (Å²) in [5.74, 6) is 0.557. The second-order valence-electron chi connectivity index (χ2n) is 6.67. The molecule has 2 amide bonds. The highest BCUT2D eigenvalue weighted by Crippen LogP contribution is 2.31. The van der Waals surface area contributed by atoms with E-state index in [9.17, 15) is 9.59 Å². The van der Waals surface area contributed by atoms with Gasteiger partial charge in [-0.25, -0.2) is 0 Å². The maximum atomic E-state index is 12.3. The van der Waals surface area contributed by atoms with Gasteiger partial charge < -0.3 is 20.3 Å². The Morgan fingerprint density at radius 1 is 1.39 bits per heavy atom. The molecule has 0 radical (unpaired) electrons. The zero-order chi connectivity index (χ0) is 17.0. The van der Waals surface area contributed by atoms with Crippen LogP contribution in [0.15, 0.2) is 24.3 Å². The van der Waals surface area contributed by atoms with Gasteiger partial charge in [-0.3, -0.25) is 9.59 Å². The number of amides is 2. The molecule has 23 heavy (non-hydrogen) atoms. The maximum Gasteiger partial charge on any atom is 0.265 e. The number of fused-ring (bicyclic) bond motifs is 1. The van der Waals surface area contributed by atoms with E-state index in [2.05, 4.69) is 0 Å². The van der Waals surface area contributed by atoms with Crippen LogP contribution in [0, 0.1) is 5.41 Å². The van der Waals surface area contributed by atoms with Gasteiger partial charge in [0.2, 0.25) is 5.91 Å². The smallest absolute Gasteiger partial charge is 0.265 e. The summed E-state index contributed by atoms with van der Waals surface area (Å²) in [4.78, 5) is 27.7. The highest BCUT2D eigenvalue weighted by atomic mass is 16.5. The first-order valence-corrected chi connectivity index (χ1v) is 7.80. The van der Waals surface area contributed by atoms with Crippen LogP contribution >= 0.6 is 0 Å². The standard InChI is InChI=1S/C17H25N3O3/c1-17(2,11-18)12-19(3)15(21)8-9-20-13-6-4-5-7-14(13)23-10-16(20)22/h4-7H,8-12,18H2,1-3H3. The van der Waals surface area contributed by atoms with Crippen LogP contribution in [0.5, 0.6) is 5.75 Å². The molecule has 1 aromatic carbocycles. The van der Waals surface area contributed by atoms with Crippen molar-refractivity contribution in [1.82, 2.24) is 4.90 Å². The summed E-state index contributed by atoms with van der Waals surface area (Å²) in [6, 6.07) is 7.37. The average molecular weight is 319 g/mol. The van der Waals surface area contributed by atoms with E-state index in [1.165, 1.54) is 0 Å². The van der Waals surface area contributed by atoms with Crippen LogP contribution in [0.25, 0.3) is 0 Å². The number of para-hydroxylation sites is 2. The molecule has 0 fully saturated rings. The maximum absolute atomic E-state index is 12.3. The van der Waals surface area contributed by atoms with Gasteiger partial charge in [0.25, 0.3) is 5.91 Å². The van der Waals surface area contributed by atoms with Gasteiger partial charge in [0, 0.05) is 26.6 Å².